The lowest BCUT2D eigenvalue weighted by Gasteiger charge is -2.03. The fourth-order valence-corrected chi connectivity index (χ4v) is 2.07. The summed E-state index contributed by atoms with van der Waals surface area (Å²) in [5.41, 5.74) is 0. The second-order valence-corrected chi connectivity index (χ2v) is 4.42. The van der Waals surface area contributed by atoms with E-state index in [9.17, 15) is 4.39 Å². The minimum atomic E-state index is -0.399. The van der Waals surface area contributed by atoms with Crippen LogP contribution in [-0.4, -0.2) is 16.7 Å². The molecule has 6 heteroatoms. The van der Waals surface area contributed by atoms with Crippen LogP contribution >= 0.6 is 0 Å². The van der Waals surface area contributed by atoms with Crippen LogP contribution in [0.5, 0.6) is 5.75 Å². The molecule has 0 bridgehead atoms. The maximum atomic E-state index is 13.3. The minimum absolute atomic E-state index is 0.0944. The molecule has 1 aromatic heterocycles. The molecule has 1 fully saturated rings. The molecular weight excluding hydrogens is 249 g/mol. The van der Waals surface area contributed by atoms with Crippen molar-refractivity contribution in [3.05, 3.63) is 41.8 Å². The van der Waals surface area contributed by atoms with Gasteiger partial charge in [-0.1, -0.05) is 17.3 Å². The third kappa shape index (κ3) is 2.73. The van der Waals surface area contributed by atoms with Crippen LogP contribution < -0.4 is 10.1 Å². The number of benzene rings is 1. The van der Waals surface area contributed by atoms with Gasteiger partial charge in [0.25, 0.3) is 0 Å². The first kappa shape index (κ1) is 12.1. The van der Waals surface area contributed by atoms with E-state index in [4.69, 9.17) is 9.26 Å². The summed E-state index contributed by atoms with van der Waals surface area (Å²) in [6.07, 6.45) is 2.10. The van der Waals surface area contributed by atoms with Crippen molar-refractivity contribution in [3.63, 3.8) is 0 Å². The van der Waals surface area contributed by atoms with Gasteiger partial charge in [0.1, 0.15) is 0 Å². The minimum Gasteiger partial charge on any atom is -0.482 e. The summed E-state index contributed by atoms with van der Waals surface area (Å²) in [6, 6.07) is 6.37. The molecule has 1 atom stereocenters. The van der Waals surface area contributed by atoms with E-state index in [1.807, 2.05) is 0 Å². The zero-order valence-electron chi connectivity index (χ0n) is 10.3. The number of hydrogen-bond donors (Lipinski definition) is 1. The van der Waals surface area contributed by atoms with Gasteiger partial charge in [0.2, 0.25) is 11.7 Å². The van der Waals surface area contributed by atoms with Gasteiger partial charge in [0.15, 0.2) is 18.2 Å². The molecule has 1 unspecified atom stereocenters. The lowest BCUT2D eigenvalue weighted by molar-refractivity contribution is 0.271. The number of nitrogens with one attached hydrogen (secondary N) is 1. The topological polar surface area (TPSA) is 60.2 Å². The van der Waals surface area contributed by atoms with Crippen LogP contribution in [0.1, 0.15) is 30.6 Å². The van der Waals surface area contributed by atoms with Gasteiger partial charge >= 0.3 is 0 Å². The highest BCUT2D eigenvalue weighted by Crippen LogP contribution is 2.21. The van der Waals surface area contributed by atoms with Gasteiger partial charge < -0.3 is 14.6 Å². The SMILES string of the molecule is Fc1ccccc1OCc1noc(C2CCCN2)n1. The molecule has 5 nitrogen and oxygen atoms in total. The van der Waals surface area contributed by atoms with Crippen molar-refractivity contribution >= 4 is 0 Å². The third-order valence-electron chi connectivity index (χ3n) is 3.04. The van der Waals surface area contributed by atoms with E-state index >= 15 is 0 Å². The van der Waals surface area contributed by atoms with Gasteiger partial charge in [-0.3, -0.25) is 0 Å². The molecule has 0 amide bonds. The van der Waals surface area contributed by atoms with Crippen LogP contribution in [-0.2, 0) is 6.61 Å². The Hall–Kier alpha value is -1.95. The zero-order chi connectivity index (χ0) is 13.1. The van der Waals surface area contributed by atoms with Gasteiger partial charge in [-0.2, -0.15) is 4.98 Å². The van der Waals surface area contributed by atoms with Crippen molar-refractivity contribution in [1.82, 2.24) is 15.5 Å². The average Bonchev–Trinajstić information content (AvgIpc) is 3.09. The summed E-state index contributed by atoms with van der Waals surface area (Å²) in [5, 5.41) is 7.10. The van der Waals surface area contributed by atoms with E-state index in [-0.39, 0.29) is 18.4 Å². The highest BCUT2D eigenvalue weighted by molar-refractivity contribution is 5.23. The third-order valence-corrected chi connectivity index (χ3v) is 3.04. The quantitative estimate of drug-likeness (QED) is 0.916. The predicted molar refractivity (Wildman–Crippen MR) is 65.0 cm³/mol. The number of rotatable bonds is 4. The van der Waals surface area contributed by atoms with Crippen molar-refractivity contribution in [3.8, 4) is 5.75 Å². The fraction of sp³-hybridized carbons (Fsp3) is 0.385. The Labute approximate surface area is 109 Å². The Morgan fingerprint density at radius 2 is 2.32 bits per heavy atom. The second kappa shape index (κ2) is 5.36. The molecule has 1 N–H and O–H groups in total. The molecule has 3 rings (SSSR count). The second-order valence-electron chi connectivity index (χ2n) is 4.42. The summed E-state index contributed by atoms with van der Waals surface area (Å²) in [7, 11) is 0. The van der Waals surface area contributed by atoms with Crippen LogP contribution in [0.3, 0.4) is 0 Å². The first-order valence-corrected chi connectivity index (χ1v) is 6.26. The normalized spacial score (nSPS) is 18.7. The zero-order valence-corrected chi connectivity index (χ0v) is 10.3. The van der Waals surface area contributed by atoms with Crippen molar-refractivity contribution in [2.45, 2.75) is 25.5 Å². The molecule has 1 saturated heterocycles. The van der Waals surface area contributed by atoms with Crippen molar-refractivity contribution in [2.75, 3.05) is 6.54 Å². The van der Waals surface area contributed by atoms with Crippen molar-refractivity contribution in [1.29, 1.82) is 0 Å². The number of para-hydroxylation sites is 1. The van der Waals surface area contributed by atoms with Crippen LogP contribution in [0.25, 0.3) is 0 Å². The lowest BCUT2D eigenvalue weighted by Crippen LogP contribution is -2.13. The summed E-state index contributed by atoms with van der Waals surface area (Å²) >= 11 is 0. The van der Waals surface area contributed by atoms with Gasteiger partial charge in [0, 0.05) is 0 Å². The number of ether oxygens (including phenoxy) is 1. The Kier molecular flexibility index (Phi) is 3.41. The Morgan fingerprint density at radius 3 is 3.11 bits per heavy atom. The van der Waals surface area contributed by atoms with E-state index in [2.05, 4.69) is 15.5 Å². The average molecular weight is 263 g/mol. The Balaban J connectivity index is 1.63. The molecule has 19 heavy (non-hydrogen) atoms. The molecule has 100 valence electrons. The van der Waals surface area contributed by atoms with Gasteiger partial charge in [-0.05, 0) is 31.5 Å². The maximum Gasteiger partial charge on any atom is 0.243 e. The van der Waals surface area contributed by atoms with E-state index in [1.165, 1.54) is 6.07 Å². The van der Waals surface area contributed by atoms with E-state index < -0.39 is 5.82 Å². The standard InChI is InChI=1S/C13H14FN3O2/c14-9-4-1-2-6-11(9)18-8-12-16-13(19-17-12)10-5-3-7-15-10/h1-2,4,6,10,15H,3,5,7-8H2. The molecule has 0 spiro atoms. The number of aromatic nitrogens is 2. The largest absolute Gasteiger partial charge is 0.482 e. The molecule has 0 aliphatic carbocycles. The van der Waals surface area contributed by atoms with Crippen LogP contribution in [0.15, 0.2) is 28.8 Å². The molecule has 1 aromatic carbocycles. The van der Waals surface area contributed by atoms with E-state index in [1.54, 1.807) is 18.2 Å². The van der Waals surface area contributed by atoms with Gasteiger partial charge in [-0.15, -0.1) is 0 Å². The Bertz CT molecular complexity index is 552. The van der Waals surface area contributed by atoms with Crippen molar-refractivity contribution < 1.29 is 13.7 Å². The summed E-state index contributed by atoms with van der Waals surface area (Å²) in [6.45, 7) is 1.06. The van der Waals surface area contributed by atoms with Crippen LogP contribution in [0, 0.1) is 5.82 Å². The highest BCUT2D eigenvalue weighted by Gasteiger charge is 2.22. The van der Waals surface area contributed by atoms with E-state index in [0.717, 1.165) is 19.4 Å². The molecule has 1 aliphatic heterocycles. The number of hydrogen-bond acceptors (Lipinski definition) is 5. The summed E-state index contributed by atoms with van der Waals surface area (Å²) < 4.78 is 23.8. The van der Waals surface area contributed by atoms with E-state index in [0.29, 0.717) is 11.7 Å². The first-order chi connectivity index (χ1) is 9.33. The monoisotopic (exact) mass is 263 g/mol. The van der Waals surface area contributed by atoms with Gasteiger partial charge in [0.05, 0.1) is 6.04 Å². The number of nitrogens with zero attached hydrogens (tertiary/aromatic N) is 2. The fourth-order valence-electron chi connectivity index (χ4n) is 2.07. The lowest BCUT2D eigenvalue weighted by atomic mass is 10.2. The van der Waals surface area contributed by atoms with Crippen LogP contribution in [0.2, 0.25) is 0 Å². The molecule has 2 heterocycles. The smallest absolute Gasteiger partial charge is 0.243 e. The maximum absolute atomic E-state index is 13.3. The predicted octanol–water partition coefficient (Wildman–Crippen LogP) is 2.21. The summed E-state index contributed by atoms with van der Waals surface area (Å²) in [4.78, 5) is 4.25. The highest BCUT2D eigenvalue weighted by atomic mass is 19.1. The van der Waals surface area contributed by atoms with Crippen molar-refractivity contribution in [2.24, 2.45) is 0 Å². The first-order valence-electron chi connectivity index (χ1n) is 6.26. The van der Waals surface area contributed by atoms with Gasteiger partial charge in [-0.25, -0.2) is 4.39 Å². The molecule has 2 aromatic rings. The Morgan fingerprint density at radius 1 is 1.42 bits per heavy atom. The van der Waals surface area contributed by atoms with Crippen LogP contribution in [0.4, 0.5) is 4.39 Å². The molecule has 1 aliphatic rings. The molecule has 0 saturated carbocycles. The molecular formula is C13H14FN3O2. The number of halogens is 1. The summed E-state index contributed by atoms with van der Waals surface area (Å²) in [5.74, 6) is 0.785. The molecule has 0 radical (unpaired) electrons.